The van der Waals surface area contributed by atoms with Crippen molar-refractivity contribution in [3.63, 3.8) is 0 Å². The average molecular weight is 281 g/mol. The molecule has 0 heterocycles. The van der Waals surface area contributed by atoms with E-state index in [4.69, 9.17) is 4.74 Å². The van der Waals surface area contributed by atoms with E-state index in [9.17, 15) is 9.90 Å². The molecule has 2 atom stereocenters. The van der Waals surface area contributed by atoms with Crippen molar-refractivity contribution in [2.24, 2.45) is 0 Å². The molecule has 0 amide bonds. The normalized spacial score (nSPS) is 13.7. The van der Waals surface area contributed by atoms with E-state index < -0.39 is 12.1 Å². The van der Waals surface area contributed by atoms with Gasteiger partial charge in [-0.3, -0.25) is 4.79 Å². The van der Waals surface area contributed by atoms with E-state index in [1.807, 2.05) is 26.0 Å². The van der Waals surface area contributed by atoms with Crippen LogP contribution in [0.2, 0.25) is 0 Å². The molecule has 0 bridgehead atoms. The molecule has 0 spiro atoms. The fourth-order valence-electron chi connectivity index (χ4n) is 1.84. The fourth-order valence-corrected chi connectivity index (χ4v) is 1.84. The summed E-state index contributed by atoms with van der Waals surface area (Å²) >= 11 is 0. The first-order valence-corrected chi connectivity index (χ1v) is 6.62. The van der Waals surface area contributed by atoms with Crippen LogP contribution >= 0.6 is 0 Å². The number of methoxy groups -OCH3 is 1. The molecule has 0 aliphatic carbocycles. The largest absolute Gasteiger partial charge is 0.491 e. The first-order valence-electron chi connectivity index (χ1n) is 6.62. The minimum atomic E-state index is -0.692. The highest BCUT2D eigenvalue weighted by Crippen LogP contribution is 2.16. The van der Waals surface area contributed by atoms with Crippen LogP contribution < -0.4 is 10.1 Å². The van der Waals surface area contributed by atoms with Crippen LogP contribution in [0.1, 0.15) is 18.1 Å². The standard InChI is InChI=1S/C15H23NO4/c1-10-5-11(2)7-14(6-10)20-9-13(17)8-16-12(3)15(18)19-4/h5-7,12-13,16-17H,8-9H2,1-4H3. The molecule has 2 N–H and O–H groups in total. The van der Waals surface area contributed by atoms with Crippen molar-refractivity contribution in [1.29, 1.82) is 0 Å². The topological polar surface area (TPSA) is 67.8 Å². The van der Waals surface area contributed by atoms with E-state index in [0.29, 0.717) is 0 Å². The van der Waals surface area contributed by atoms with Gasteiger partial charge in [0.1, 0.15) is 24.5 Å². The second-order valence-corrected chi connectivity index (χ2v) is 4.94. The van der Waals surface area contributed by atoms with E-state index in [0.717, 1.165) is 16.9 Å². The van der Waals surface area contributed by atoms with Crippen molar-refractivity contribution >= 4 is 5.97 Å². The number of ether oxygens (including phenoxy) is 2. The lowest BCUT2D eigenvalue weighted by atomic mass is 10.1. The Morgan fingerprint density at radius 1 is 1.30 bits per heavy atom. The van der Waals surface area contributed by atoms with Crippen LogP contribution in [0.15, 0.2) is 18.2 Å². The fraction of sp³-hybridized carbons (Fsp3) is 0.533. The summed E-state index contributed by atoms with van der Waals surface area (Å²) in [7, 11) is 1.33. The zero-order chi connectivity index (χ0) is 15.1. The highest BCUT2D eigenvalue weighted by molar-refractivity contribution is 5.75. The van der Waals surface area contributed by atoms with Crippen LogP contribution in [-0.2, 0) is 9.53 Å². The van der Waals surface area contributed by atoms with Gasteiger partial charge in [0, 0.05) is 6.54 Å². The summed E-state index contributed by atoms with van der Waals surface area (Å²) in [6.45, 7) is 6.11. The van der Waals surface area contributed by atoms with Gasteiger partial charge in [0.2, 0.25) is 0 Å². The molecule has 0 aliphatic heterocycles. The van der Waals surface area contributed by atoms with Crippen LogP contribution in [0.3, 0.4) is 0 Å². The number of rotatable bonds is 7. The molecule has 0 saturated heterocycles. The zero-order valence-corrected chi connectivity index (χ0v) is 12.5. The van der Waals surface area contributed by atoms with E-state index in [1.165, 1.54) is 7.11 Å². The number of aliphatic hydroxyl groups excluding tert-OH is 1. The van der Waals surface area contributed by atoms with Crippen molar-refractivity contribution < 1.29 is 19.4 Å². The molecule has 0 fully saturated rings. The minimum Gasteiger partial charge on any atom is -0.491 e. The summed E-state index contributed by atoms with van der Waals surface area (Å²) in [4.78, 5) is 11.2. The van der Waals surface area contributed by atoms with Gasteiger partial charge in [-0.05, 0) is 44.0 Å². The maximum atomic E-state index is 11.2. The molecular formula is C15H23NO4. The summed E-state index contributed by atoms with van der Waals surface area (Å²) in [5, 5.41) is 12.7. The van der Waals surface area contributed by atoms with Gasteiger partial charge in [0.15, 0.2) is 0 Å². The molecule has 5 nitrogen and oxygen atoms in total. The number of carbonyl (C=O) groups excluding carboxylic acids is 1. The predicted octanol–water partition coefficient (Wildman–Crippen LogP) is 1.19. The molecular weight excluding hydrogens is 258 g/mol. The van der Waals surface area contributed by atoms with Gasteiger partial charge >= 0.3 is 5.97 Å². The van der Waals surface area contributed by atoms with E-state index in [2.05, 4.69) is 16.1 Å². The Labute approximate surface area is 119 Å². The maximum Gasteiger partial charge on any atom is 0.322 e. The Hall–Kier alpha value is -1.59. The van der Waals surface area contributed by atoms with Crippen LogP contribution in [-0.4, -0.2) is 43.5 Å². The third-order valence-corrected chi connectivity index (χ3v) is 2.85. The van der Waals surface area contributed by atoms with Crippen molar-refractivity contribution in [2.75, 3.05) is 20.3 Å². The number of hydrogen-bond donors (Lipinski definition) is 2. The van der Waals surface area contributed by atoms with Crippen LogP contribution in [0.5, 0.6) is 5.75 Å². The highest BCUT2D eigenvalue weighted by atomic mass is 16.5. The lowest BCUT2D eigenvalue weighted by Crippen LogP contribution is -2.41. The third-order valence-electron chi connectivity index (χ3n) is 2.85. The molecule has 0 aromatic heterocycles. The second-order valence-electron chi connectivity index (χ2n) is 4.94. The first kappa shape index (κ1) is 16.5. The molecule has 0 aliphatic rings. The summed E-state index contributed by atoms with van der Waals surface area (Å²) in [5.41, 5.74) is 2.24. The molecule has 1 aromatic rings. The lowest BCUT2D eigenvalue weighted by Gasteiger charge is -2.16. The van der Waals surface area contributed by atoms with Crippen molar-refractivity contribution in [3.05, 3.63) is 29.3 Å². The number of benzene rings is 1. The Morgan fingerprint density at radius 2 is 1.90 bits per heavy atom. The quantitative estimate of drug-likeness (QED) is 0.735. The first-order chi connectivity index (χ1) is 9.42. The van der Waals surface area contributed by atoms with E-state index in [-0.39, 0.29) is 19.1 Å². The molecule has 112 valence electrons. The van der Waals surface area contributed by atoms with Crippen LogP contribution in [0.25, 0.3) is 0 Å². The van der Waals surface area contributed by atoms with Gasteiger partial charge in [-0.15, -0.1) is 0 Å². The van der Waals surface area contributed by atoms with Crippen molar-refractivity contribution in [2.45, 2.75) is 32.9 Å². The molecule has 20 heavy (non-hydrogen) atoms. The smallest absolute Gasteiger partial charge is 0.322 e. The van der Waals surface area contributed by atoms with Gasteiger partial charge in [0.05, 0.1) is 7.11 Å². The number of esters is 1. The molecule has 2 unspecified atom stereocenters. The molecule has 0 saturated carbocycles. The third kappa shape index (κ3) is 5.59. The number of nitrogens with one attached hydrogen (secondary N) is 1. The van der Waals surface area contributed by atoms with Crippen molar-refractivity contribution in [1.82, 2.24) is 5.32 Å². The van der Waals surface area contributed by atoms with Crippen LogP contribution in [0, 0.1) is 13.8 Å². The molecule has 1 rings (SSSR count). The van der Waals surface area contributed by atoms with Gasteiger partial charge in [-0.1, -0.05) is 6.07 Å². The Balaban J connectivity index is 2.36. The van der Waals surface area contributed by atoms with Gasteiger partial charge in [-0.25, -0.2) is 0 Å². The summed E-state index contributed by atoms with van der Waals surface area (Å²) in [6, 6.07) is 5.45. The number of carbonyl (C=O) groups is 1. The molecule has 0 radical (unpaired) electrons. The SMILES string of the molecule is COC(=O)C(C)NCC(O)COc1cc(C)cc(C)c1. The molecule has 1 aromatic carbocycles. The van der Waals surface area contributed by atoms with E-state index in [1.54, 1.807) is 6.92 Å². The van der Waals surface area contributed by atoms with Gasteiger partial charge in [0.25, 0.3) is 0 Å². The number of aliphatic hydroxyl groups is 1. The average Bonchev–Trinajstić information content (AvgIpc) is 2.40. The summed E-state index contributed by atoms with van der Waals surface area (Å²) < 4.78 is 10.1. The summed E-state index contributed by atoms with van der Waals surface area (Å²) in [6.07, 6.45) is -0.692. The number of aryl methyl sites for hydroxylation is 2. The van der Waals surface area contributed by atoms with Gasteiger partial charge < -0.3 is 19.9 Å². The monoisotopic (exact) mass is 281 g/mol. The minimum absolute atomic E-state index is 0.170. The lowest BCUT2D eigenvalue weighted by molar-refractivity contribution is -0.142. The number of hydrogen-bond acceptors (Lipinski definition) is 5. The van der Waals surface area contributed by atoms with Crippen molar-refractivity contribution in [3.8, 4) is 5.75 Å². The van der Waals surface area contributed by atoms with E-state index >= 15 is 0 Å². The Bertz CT molecular complexity index is 427. The second kappa shape index (κ2) is 7.87. The zero-order valence-electron chi connectivity index (χ0n) is 12.5. The van der Waals surface area contributed by atoms with Crippen LogP contribution in [0.4, 0.5) is 0 Å². The Morgan fingerprint density at radius 3 is 2.45 bits per heavy atom. The maximum absolute atomic E-state index is 11.2. The van der Waals surface area contributed by atoms with Gasteiger partial charge in [-0.2, -0.15) is 0 Å². The summed E-state index contributed by atoms with van der Waals surface area (Å²) in [5.74, 6) is 0.384. The Kier molecular flexibility index (Phi) is 6.48. The molecule has 5 heteroatoms. The predicted molar refractivity (Wildman–Crippen MR) is 76.9 cm³/mol. The highest BCUT2D eigenvalue weighted by Gasteiger charge is 2.14.